The Balaban J connectivity index is 1.96. The van der Waals surface area contributed by atoms with E-state index in [-0.39, 0.29) is 0 Å². The van der Waals surface area contributed by atoms with Crippen molar-refractivity contribution in [3.63, 3.8) is 0 Å². The summed E-state index contributed by atoms with van der Waals surface area (Å²) in [5.74, 6) is 1.02. The van der Waals surface area contributed by atoms with Crippen LogP contribution in [0.3, 0.4) is 0 Å². The van der Waals surface area contributed by atoms with Gasteiger partial charge in [-0.15, -0.1) is 0 Å². The Morgan fingerprint density at radius 1 is 1.05 bits per heavy atom. The summed E-state index contributed by atoms with van der Waals surface area (Å²) in [6.07, 6.45) is 2.14. The number of rotatable bonds is 5. The molecule has 0 spiro atoms. The molecule has 0 bridgehead atoms. The molecule has 0 radical (unpaired) electrons. The van der Waals surface area contributed by atoms with Gasteiger partial charge in [-0.05, 0) is 59.0 Å². The average molecular weight is 333 g/mol. The molecule has 0 aliphatic rings. The van der Waals surface area contributed by atoms with Crippen LogP contribution in [0.5, 0.6) is 0 Å². The van der Waals surface area contributed by atoms with Crippen molar-refractivity contribution in [2.45, 2.75) is 26.7 Å². The number of hydrogen-bond donors (Lipinski definition) is 0. The molecule has 0 aliphatic carbocycles. The normalized spacial score (nSPS) is 10.6. The molecule has 0 amide bonds. The number of likely N-dealkylation sites (N-methyl/N-ethyl adjacent to an activating group) is 1. The van der Waals surface area contributed by atoms with Crippen molar-refractivity contribution >= 4 is 21.7 Å². The van der Waals surface area contributed by atoms with Gasteiger partial charge in [0.2, 0.25) is 0 Å². The Hall–Kier alpha value is -1.35. The average Bonchev–Trinajstić information content (AvgIpc) is 2.48. The first-order chi connectivity index (χ1) is 9.60. The van der Waals surface area contributed by atoms with Crippen LogP contribution < -0.4 is 4.90 Å². The van der Waals surface area contributed by atoms with E-state index in [0.717, 1.165) is 35.4 Å². The van der Waals surface area contributed by atoms with Gasteiger partial charge in [0.25, 0.3) is 0 Å². The second-order valence-electron chi connectivity index (χ2n) is 5.08. The molecular weight excluding hydrogens is 312 g/mol. The molecule has 0 N–H and O–H groups in total. The maximum atomic E-state index is 4.59. The number of hydrogen-bond acceptors (Lipinski definition) is 2. The van der Waals surface area contributed by atoms with Crippen molar-refractivity contribution in [2.24, 2.45) is 0 Å². The van der Waals surface area contributed by atoms with E-state index in [0.29, 0.717) is 0 Å². The SMILES string of the molecule is CCc1ccc(CCN(C)c2ccc(Br)c(C)n2)cc1. The van der Waals surface area contributed by atoms with E-state index in [4.69, 9.17) is 0 Å². The lowest BCUT2D eigenvalue weighted by Gasteiger charge is -2.19. The van der Waals surface area contributed by atoms with E-state index in [1.165, 1.54) is 11.1 Å². The molecule has 0 saturated carbocycles. The van der Waals surface area contributed by atoms with Crippen molar-refractivity contribution in [2.75, 3.05) is 18.5 Å². The van der Waals surface area contributed by atoms with E-state index in [9.17, 15) is 0 Å². The van der Waals surface area contributed by atoms with Gasteiger partial charge in [-0.25, -0.2) is 4.98 Å². The molecule has 20 heavy (non-hydrogen) atoms. The highest BCUT2D eigenvalue weighted by Gasteiger charge is 2.05. The lowest BCUT2D eigenvalue weighted by molar-refractivity contribution is 0.855. The quantitative estimate of drug-likeness (QED) is 0.806. The Morgan fingerprint density at radius 3 is 2.30 bits per heavy atom. The number of anilines is 1. The van der Waals surface area contributed by atoms with Crippen molar-refractivity contribution in [1.82, 2.24) is 4.98 Å². The minimum Gasteiger partial charge on any atom is -0.359 e. The third-order valence-electron chi connectivity index (χ3n) is 3.56. The summed E-state index contributed by atoms with van der Waals surface area (Å²) < 4.78 is 1.06. The fourth-order valence-electron chi connectivity index (χ4n) is 2.10. The Morgan fingerprint density at radius 2 is 1.70 bits per heavy atom. The molecule has 3 heteroatoms. The van der Waals surface area contributed by atoms with Crippen LogP contribution in [0.2, 0.25) is 0 Å². The predicted molar refractivity (Wildman–Crippen MR) is 89.5 cm³/mol. The van der Waals surface area contributed by atoms with Gasteiger partial charge in [0.05, 0.1) is 5.69 Å². The molecule has 1 aromatic heterocycles. The predicted octanol–water partition coefficient (Wildman–Crippen LogP) is 4.39. The molecule has 0 fully saturated rings. The molecule has 0 aliphatic heterocycles. The molecule has 0 unspecified atom stereocenters. The summed E-state index contributed by atoms with van der Waals surface area (Å²) in [5, 5.41) is 0. The molecule has 0 saturated heterocycles. The minimum atomic E-state index is 0.972. The summed E-state index contributed by atoms with van der Waals surface area (Å²) in [6.45, 7) is 5.18. The van der Waals surface area contributed by atoms with Crippen LogP contribution in [0, 0.1) is 6.92 Å². The van der Waals surface area contributed by atoms with E-state index < -0.39 is 0 Å². The second kappa shape index (κ2) is 6.89. The smallest absolute Gasteiger partial charge is 0.128 e. The first-order valence-corrected chi connectivity index (χ1v) is 7.81. The summed E-state index contributed by atoms with van der Waals surface area (Å²) in [5.41, 5.74) is 3.80. The van der Waals surface area contributed by atoms with Crippen molar-refractivity contribution in [3.8, 4) is 0 Å². The van der Waals surface area contributed by atoms with Crippen molar-refractivity contribution in [3.05, 3.63) is 57.7 Å². The Bertz CT molecular complexity index is 564. The van der Waals surface area contributed by atoms with Gasteiger partial charge in [-0.2, -0.15) is 0 Å². The fourth-order valence-corrected chi connectivity index (χ4v) is 2.32. The minimum absolute atomic E-state index is 0.972. The van der Waals surface area contributed by atoms with Gasteiger partial charge >= 0.3 is 0 Å². The first kappa shape index (κ1) is 15.0. The summed E-state index contributed by atoms with van der Waals surface area (Å²) in [6, 6.07) is 13.0. The number of benzene rings is 1. The first-order valence-electron chi connectivity index (χ1n) is 7.02. The van der Waals surface area contributed by atoms with Gasteiger partial charge in [0.15, 0.2) is 0 Å². The summed E-state index contributed by atoms with van der Waals surface area (Å²) in [4.78, 5) is 6.79. The van der Waals surface area contributed by atoms with Crippen LogP contribution in [-0.2, 0) is 12.8 Å². The van der Waals surface area contributed by atoms with Crippen LogP contribution in [0.4, 0.5) is 5.82 Å². The van der Waals surface area contributed by atoms with E-state index >= 15 is 0 Å². The molecule has 2 rings (SSSR count). The summed E-state index contributed by atoms with van der Waals surface area (Å²) >= 11 is 3.49. The maximum absolute atomic E-state index is 4.59. The molecule has 1 heterocycles. The molecule has 1 aromatic carbocycles. The monoisotopic (exact) mass is 332 g/mol. The van der Waals surface area contributed by atoms with Gasteiger partial charge in [0, 0.05) is 18.1 Å². The third kappa shape index (κ3) is 3.83. The largest absolute Gasteiger partial charge is 0.359 e. The molecule has 2 aromatic rings. The summed E-state index contributed by atoms with van der Waals surface area (Å²) in [7, 11) is 2.09. The van der Waals surface area contributed by atoms with Crippen LogP contribution in [0.25, 0.3) is 0 Å². The Kier molecular flexibility index (Phi) is 5.18. The lowest BCUT2D eigenvalue weighted by Crippen LogP contribution is -2.21. The Labute approximate surface area is 130 Å². The molecule has 2 nitrogen and oxygen atoms in total. The number of halogens is 1. The van der Waals surface area contributed by atoms with Gasteiger partial charge in [-0.3, -0.25) is 0 Å². The number of aryl methyl sites for hydroxylation is 2. The molecular formula is C17H21BrN2. The number of pyridine rings is 1. The van der Waals surface area contributed by atoms with Crippen molar-refractivity contribution in [1.29, 1.82) is 0 Å². The van der Waals surface area contributed by atoms with Crippen molar-refractivity contribution < 1.29 is 0 Å². The third-order valence-corrected chi connectivity index (χ3v) is 4.40. The van der Waals surface area contributed by atoms with E-state index in [1.54, 1.807) is 0 Å². The zero-order valence-corrected chi connectivity index (χ0v) is 13.9. The number of nitrogens with zero attached hydrogens (tertiary/aromatic N) is 2. The highest BCUT2D eigenvalue weighted by Crippen LogP contribution is 2.18. The van der Waals surface area contributed by atoms with Crippen LogP contribution in [-0.4, -0.2) is 18.6 Å². The van der Waals surface area contributed by atoms with Gasteiger partial charge < -0.3 is 4.90 Å². The topological polar surface area (TPSA) is 16.1 Å². The zero-order valence-electron chi connectivity index (χ0n) is 12.4. The van der Waals surface area contributed by atoms with Crippen LogP contribution >= 0.6 is 15.9 Å². The number of aromatic nitrogens is 1. The van der Waals surface area contributed by atoms with Crippen LogP contribution in [0.15, 0.2) is 40.9 Å². The highest BCUT2D eigenvalue weighted by molar-refractivity contribution is 9.10. The van der Waals surface area contributed by atoms with Gasteiger partial charge in [-0.1, -0.05) is 31.2 Å². The van der Waals surface area contributed by atoms with E-state index in [1.807, 2.05) is 6.92 Å². The van der Waals surface area contributed by atoms with Crippen LogP contribution in [0.1, 0.15) is 23.7 Å². The standard InChI is InChI=1S/C17H21BrN2/c1-4-14-5-7-15(8-6-14)11-12-20(3)17-10-9-16(18)13(2)19-17/h5-10H,4,11-12H2,1-3H3. The van der Waals surface area contributed by atoms with E-state index in [2.05, 4.69) is 76.2 Å². The maximum Gasteiger partial charge on any atom is 0.128 e. The highest BCUT2D eigenvalue weighted by atomic mass is 79.9. The van der Waals surface area contributed by atoms with Gasteiger partial charge in [0.1, 0.15) is 5.82 Å². The lowest BCUT2D eigenvalue weighted by atomic mass is 10.1. The molecule has 0 atom stereocenters. The molecule has 106 valence electrons. The zero-order chi connectivity index (χ0) is 14.5. The fraction of sp³-hybridized carbons (Fsp3) is 0.353. The second-order valence-corrected chi connectivity index (χ2v) is 5.93.